The number of allylic oxidation sites excluding steroid dienone is 9. The fourth-order valence-electron chi connectivity index (χ4n) is 1.69. The molecule has 3 nitrogen and oxygen atoms in total. The fraction of sp³-hybridized carbons (Fsp3) is 0.450. The molecule has 0 radical (unpaired) electrons. The maximum Gasteiger partial charge on any atom is 0.303 e. The lowest BCUT2D eigenvalue weighted by atomic mass is 10.2. The van der Waals surface area contributed by atoms with Crippen molar-refractivity contribution in [3.63, 3.8) is 0 Å². The van der Waals surface area contributed by atoms with Gasteiger partial charge in [-0.1, -0.05) is 67.7 Å². The predicted molar refractivity (Wildman–Crippen MR) is 97.3 cm³/mol. The van der Waals surface area contributed by atoms with Crippen LogP contribution in [-0.2, 0) is 4.79 Å². The zero-order valence-corrected chi connectivity index (χ0v) is 14.1. The van der Waals surface area contributed by atoms with E-state index in [9.17, 15) is 9.90 Å². The van der Waals surface area contributed by atoms with Gasteiger partial charge in [0.1, 0.15) is 0 Å². The molecular formula is C20H30O3. The number of aliphatic hydroxyl groups is 1. The van der Waals surface area contributed by atoms with Crippen LogP contribution in [0, 0.1) is 0 Å². The van der Waals surface area contributed by atoms with E-state index < -0.39 is 5.97 Å². The van der Waals surface area contributed by atoms with Gasteiger partial charge in [0.2, 0.25) is 0 Å². The number of aliphatic hydroxyl groups excluding tert-OH is 1. The van der Waals surface area contributed by atoms with Crippen LogP contribution in [0.2, 0.25) is 0 Å². The molecule has 0 fully saturated rings. The van der Waals surface area contributed by atoms with E-state index in [1.54, 1.807) is 6.08 Å². The summed E-state index contributed by atoms with van der Waals surface area (Å²) in [7, 11) is 0. The van der Waals surface area contributed by atoms with Crippen LogP contribution in [0.15, 0.2) is 60.8 Å². The third-order valence-electron chi connectivity index (χ3n) is 3.08. The first-order chi connectivity index (χ1) is 11.2. The lowest BCUT2D eigenvalue weighted by molar-refractivity contribution is -0.137. The van der Waals surface area contributed by atoms with Gasteiger partial charge in [0.25, 0.3) is 0 Å². The Labute approximate surface area is 140 Å². The molecule has 0 aliphatic carbocycles. The van der Waals surface area contributed by atoms with Crippen molar-refractivity contribution in [3.05, 3.63) is 60.8 Å². The number of carboxylic acids is 1. The first-order valence-corrected chi connectivity index (χ1v) is 8.35. The smallest absolute Gasteiger partial charge is 0.303 e. The number of unbranched alkanes of at least 4 members (excludes halogenated alkanes) is 1. The molecule has 3 heteroatoms. The predicted octanol–water partition coefficient (Wildman–Crippen LogP) is 4.96. The zero-order chi connectivity index (χ0) is 17.2. The Bertz CT molecular complexity index is 428. The highest BCUT2D eigenvalue weighted by Gasteiger charge is 1.92. The minimum atomic E-state index is -0.727. The van der Waals surface area contributed by atoms with Crippen LogP contribution in [-0.4, -0.2) is 22.3 Å². The van der Waals surface area contributed by atoms with Crippen molar-refractivity contribution >= 4 is 5.97 Å². The molecule has 0 saturated carbocycles. The van der Waals surface area contributed by atoms with Gasteiger partial charge in [-0.2, -0.15) is 0 Å². The summed E-state index contributed by atoms with van der Waals surface area (Å²) >= 11 is 0. The Kier molecular flexibility index (Phi) is 15.2. The van der Waals surface area contributed by atoms with Crippen LogP contribution in [0.1, 0.15) is 51.9 Å². The summed E-state index contributed by atoms with van der Waals surface area (Å²) in [5.74, 6) is -0.727. The van der Waals surface area contributed by atoms with Crippen molar-refractivity contribution in [1.82, 2.24) is 0 Å². The van der Waals surface area contributed by atoms with Crippen LogP contribution in [0.25, 0.3) is 0 Å². The van der Waals surface area contributed by atoms with Gasteiger partial charge in [-0.05, 0) is 38.5 Å². The highest BCUT2D eigenvalue weighted by Crippen LogP contribution is 1.99. The number of carboxylic acid groups (broad SMARTS) is 1. The molecule has 128 valence electrons. The summed E-state index contributed by atoms with van der Waals surface area (Å²) < 4.78 is 0. The number of hydrogen-bond donors (Lipinski definition) is 2. The Morgan fingerprint density at radius 1 is 0.913 bits per heavy atom. The molecule has 0 heterocycles. The maximum atomic E-state index is 10.3. The number of rotatable bonds is 13. The topological polar surface area (TPSA) is 57.5 Å². The van der Waals surface area contributed by atoms with Crippen molar-refractivity contribution in [3.8, 4) is 0 Å². The summed E-state index contributed by atoms with van der Waals surface area (Å²) in [6.45, 7) is 1.95. The van der Waals surface area contributed by atoms with Gasteiger partial charge < -0.3 is 10.2 Å². The molecule has 0 aliphatic rings. The molecule has 0 spiro atoms. The second kappa shape index (κ2) is 16.5. The van der Waals surface area contributed by atoms with E-state index in [0.29, 0.717) is 6.42 Å². The molecule has 0 aromatic heterocycles. The largest absolute Gasteiger partial charge is 0.481 e. The molecule has 0 aromatic rings. The van der Waals surface area contributed by atoms with Gasteiger partial charge >= 0.3 is 5.97 Å². The lowest BCUT2D eigenvalue weighted by Crippen LogP contribution is -1.97. The first-order valence-electron chi connectivity index (χ1n) is 8.35. The molecule has 0 saturated heterocycles. The van der Waals surface area contributed by atoms with Crippen LogP contribution >= 0.6 is 0 Å². The summed E-state index contributed by atoms with van der Waals surface area (Å²) in [5.41, 5.74) is 0. The molecule has 23 heavy (non-hydrogen) atoms. The van der Waals surface area contributed by atoms with Crippen LogP contribution < -0.4 is 0 Å². The van der Waals surface area contributed by atoms with E-state index in [1.165, 1.54) is 0 Å². The third-order valence-corrected chi connectivity index (χ3v) is 3.08. The van der Waals surface area contributed by atoms with Gasteiger partial charge in [-0.15, -0.1) is 0 Å². The fourth-order valence-corrected chi connectivity index (χ4v) is 1.69. The molecule has 0 aliphatic heterocycles. The quantitative estimate of drug-likeness (QED) is 0.286. The SMILES string of the molecule is CCC(O)/C=C/C=C/C/C=C/C/C=C/C/C=C/CCCC(=O)O. The lowest BCUT2D eigenvalue weighted by Gasteiger charge is -1.95. The molecule has 0 rings (SSSR count). The summed E-state index contributed by atoms with van der Waals surface area (Å²) in [5, 5.41) is 17.8. The Morgan fingerprint density at radius 2 is 1.48 bits per heavy atom. The minimum Gasteiger partial charge on any atom is -0.481 e. The van der Waals surface area contributed by atoms with Gasteiger partial charge in [0, 0.05) is 6.42 Å². The number of hydrogen-bond acceptors (Lipinski definition) is 2. The molecule has 0 bridgehead atoms. The minimum absolute atomic E-state index is 0.244. The molecule has 1 atom stereocenters. The molecule has 2 N–H and O–H groups in total. The maximum absolute atomic E-state index is 10.3. The van der Waals surface area contributed by atoms with Crippen LogP contribution in [0.3, 0.4) is 0 Å². The van der Waals surface area contributed by atoms with Crippen molar-refractivity contribution in [2.45, 2.75) is 58.0 Å². The van der Waals surface area contributed by atoms with E-state index in [0.717, 1.165) is 32.1 Å². The van der Waals surface area contributed by atoms with Crippen LogP contribution in [0.4, 0.5) is 0 Å². The highest BCUT2D eigenvalue weighted by molar-refractivity contribution is 5.66. The van der Waals surface area contributed by atoms with Crippen LogP contribution in [0.5, 0.6) is 0 Å². The molecule has 0 amide bonds. The number of aliphatic carboxylic acids is 1. The number of carbonyl (C=O) groups is 1. The van der Waals surface area contributed by atoms with Crippen molar-refractivity contribution in [2.75, 3.05) is 0 Å². The van der Waals surface area contributed by atoms with E-state index in [1.807, 2.05) is 25.2 Å². The normalized spacial score (nSPS) is 14.2. The Balaban J connectivity index is 3.55. The van der Waals surface area contributed by atoms with Gasteiger partial charge in [0.15, 0.2) is 0 Å². The van der Waals surface area contributed by atoms with E-state index in [4.69, 9.17) is 5.11 Å². The standard InChI is InChI=1S/C20H30O3/c1-2-19(21)17-15-13-11-9-7-5-3-4-6-8-10-12-14-16-18-20(22)23/h4-7,10-13,15,17,19,21H,2-3,8-9,14,16,18H2,1H3,(H,22,23)/b6-4+,7-5+,12-10+,13-11+,17-15+. The van der Waals surface area contributed by atoms with Gasteiger partial charge in [-0.3, -0.25) is 4.79 Å². The summed E-state index contributed by atoms with van der Waals surface area (Å²) in [6, 6.07) is 0. The Morgan fingerprint density at radius 3 is 2.04 bits per heavy atom. The first kappa shape index (κ1) is 21.1. The summed E-state index contributed by atoms with van der Waals surface area (Å²) in [6.07, 6.45) is 25.2. The molecular weight excluding hydrogens is 288 g/mol. The van der Waals surface area contributed by atoms with E-state index in [2.05, 4.69) is 36.5 Å². The summed E-state index contributed by atoms with van der Waals surface area (Å²) in [4.78, 5) is 10.3. The average Bonchev–Trinajstić information content (AvgIpc) is 2.53. The second-order valence-corrected chi connectivity index (χ2v) is 5.20. The monoisotopic (exact) mass is 318 g/mol. The zero-order valence-electron chi connectivity index (χ0n) is 14.1. The average molecular weight is 318 g/mol. The second-order valence-electron chi connectivity index (χ2n) is 5.20. The van der Waals surface area contributed by atoms with Crippen molar-refractivity contribution in [2.24, 2.45) is 0 Å². The van der Waals surface area contributed by atoms with E-state index in [-0.39, 0.29) is 12.5 Å². The third kappa shape index (κ3) is 18.1. The molecule has 0 aromatic carbocycles. The highest BCUT2D eigenvalue weighted by atomic mass is 16.4. The van der Waals surface area contributed by atoms with Gasteiger partial charge in [0.05, 0.1) is 6.10 Å². The molecule has 1 unspecified atom stereocenters. The van der Waals surface area contributed by atoms with Gasteiger partial charge in [-0.25, -0.2) is 0 Å². The van der Waals surface area contributed by atoms with Crippen molar-refractivity contribution < 1.29 is 15.0 Å². The van der Waals surface area contributed by atoms with Crippen molar-refractivity contribution in [1.29, 1.82) is 0 Å². The van der Waals surface area contributed by atoms with E-state index >= 15 is 0 Å². The Hall–Kier alpha value is -1.87.